The molecule has 0 radical (unpaired) electrons. The zero-order chi connectivity index (χ0) is 12.0. The lowest BCUT2D eigenvalue weighted by atomic mass is 10.2. The number of halogens is 1. The molecule has 3 aromatic rings. The van der Waals surface area contributed by atoms with Gasteiger partial charge >= 0.3 is 0 Å². The molecule has 0 aliphatic rings. The maximum absolute atomic E-state index is 5.96. The summed E-state index contributed by atoms with van der Waals surface area (Å²) in [7, 11) is 0. The Labute approximate surface area is 111 Å². The minimum absolute atomic E-state index is 0.715. The van der Waals surface area contributed by atoms with E-state index < -0.39 is 0 Å². The second kappa shape index (κ2) is 3.94. The third-order valence-electron chi connectivity index (χ3n) is 2.45. The number of anilines is 1. The Balaban J connectivity index is 2.25. The molecule has 0 spiro atoms. The highest BCUT2D eigenvalue weighted by atomic mass is 35.5. The molecule has 0 saturated heterocycles. The molecule has 0 unspecified atom stereocenters. The van der Waals surface area contributed by atoms with E-state index >= 15 is 0 Å². The van der Waals surface area contributed by atoms with E-state index in [-0.39, 0.29) is 0 Å². The van der Waals surface area contributed by atoms with Gasteiger partial charge < -0.3 is 5.73 Å². The molecule has 1 aromatic carbocycles. The van der Waals surface area contributed by atoms with E-state index in [0.717, 1.165) is 31.5 Å². The predicted octanol–water partition coefficient (Wildman–Crippen LogP) is 3.96. The maximum atomic E-state index is 5.96. The van der Waals surface area contributed by atoms with Gasteiger partial charge in [-0.3, -0.25) is 0 Å². The second-order valence-electron chi connectivity index (χ2n) is 3.64. The van der Waals surface area contributed by atoms with Crippen LogP contribution in [0.1, 0.15) is 5.69 Å². The minimum atomic E-state index is 0.715. The molecule has 0 aliphatic carbocycles. The Hall–Kier alpha value is -1.17. The van der Waals surface area contributed by atoms with Crippen molar-refractivity contribution < 1.29 is 0 Å². The quantitative estimate of drug-likeness (QED) is 0.734. The summed E-state index contributed by atoms with van der Waals surface area (Å²) in [5.41, 5.74) is 8.75. The van der Waals surface area contributed by atoms with Gasteiger partial charge in [-0.05, 0) is 36.7 Å². The van der Waals surface area contributed by atoms with Gasteiger partial charge in [0, 0.05) is 5.02 Å². The first-order valence-corrected chi connectivity index (χ1v) is 6.90. The van der Waals surface area contributed by atoms with Crippen LogP contribution in [0.2, 0.25) is 5.02 Å². The molecule has 3 rings (SSSR count). The van der Waals surface area contributed by atoms with Crippen LogP contribution in [-0.2, 0) is 0 Å². The van der Waals surface area contributed by atoms with Crippen molar-refractivity contribution in [2.24, 2.45) is 0 Å². The molecule has 86 valence electrons. The van der Waals surface area contributed by atoms with E-state index in [1.54, 1.807) is 11.3 Å². The number of nitrogens with two attached hydrogens (primary N) is 1. The number of fused-ring (bicyclic) bond motifs is 1. The topological polar surface area (TPSA) is 51.8 Å². The van der Waals surface area contributed by atoms with Crippen molar-refractivity contribution in [3.63, 3.8) is 0 Å². The molecule has 6 heteroatoms. The summed E-state index contributed by atoms with van der Waals surface area (Å²) >= 11 is 8.86. The van der Waals surface area contributed by atoms with Crippen LogP contribution in [0.5, 0.6) is 0 Å². The van der Waals surface area contributed by atoms with Crippen molar-refractivity contribution >= 4 is 49.7 Å². The standard InChI is InChI=1S/C11H8ClN3S2/c1-5-9(10(13)17-15-5)11-14-7-3-2-6(12)4-8(7)16-11/h2-4H,13H2,1H3. The fourth-order valence-electron chi connectivity index (χ4n) is 1.65. The third kappa shape index (κ3) is 1.80. The van der Waals surface area contributed by atoms with Crippen LogP contribution in [0.4, 0.5) is 5.00 Å². The number of aromatic nitrogens is 2. The first-order chi connectivity index (χ1) is 8.15. The van der Waals surface area contributed by atoms with Crippen LogP contribution in [0.3, 0.4) is 0 Å². The van der Waals surface area contributed by atoms with Crippen LogP contribution in [-0.4, -0.2) is 9.36 Å². The molecular weight excluding hydrogens is 274 g/mol. The smallest absolute Gasteiger partial charge is 0.129 e. The Morgan fingerprint density at radius 2 is 2.18 bits per heavy atom. The lowest BCUT2D eigenvalue weighted by Crippen LogP contribution is -1.84. The summed E-state index contributed by atoms with van der Waals surface area (Å²) in [6, 6.07) is 5.68. The van der Waals surface area contributed by atoms with Gasteiger partial charge in [0.15, 0.2) is 0 Å². The number of rotatable bonds is 1. The molecule has 2 aromatic heterocycles. The normalized spacial score (nSPS) is 11.2. The molecule has 0 aliphatic heterocycles. The molecule has 17 heavy (non-hydrogen) atoms. The molecule has 2 N–H and O–H groups in total. The molecule has 0 fully saturated rings. The van der Waals surface area contributed by atoms with Gasteiger partial charge in [-0.1, -0.05) is 11.6 Å². The first-order valence-electron chi connectivity index (χ1n) is 4.93. The lowest BCUT2D eigenvalue weighted by Gasteiger charge is -1.93. The van der Waals surface area contributed by atoms with Crippen molar-refractivity contribution in [1.82, 2.24) is 9.36 Å². The lowest BCUT2D eigenvalue weighted by molar-refractivity contribution is 1.33. The largest absolute Gasteiger partial charge is 0.389 e. The fourth-order valence-corrected chi connectivity index (χ4v) is 3.73. The highest BCUT2D eigenvalue weighted by Gasteiger charge is 2.14. The van der Waals surface area contributed by atoms with Crippen molar-refractivity contribution in [3.8, 4) is 10.6 Å². The van der Waals surface area contributed by atoms with E-state index in [1.807, 2.05) is 25.1 Å². The SMILES string of the molecule is Cc1nsc(N)c1-c1nc2ccc(Cl)cc2s1. The van der Waals surface area contributed by atoms with Crippen molar-refractivity contribution in [2.45, 2.75) is 6.92 Å². The van der Waals surface area contributed by atoms with E-state index in [2.05, 4.69) is 9.36 Å². The Morgan fingerprint density at radius 1 is 1.35 bits per heavy atom. The summed E-state index contributed by atoms with van der Waals surface area (Å²) < 4.78 is 5.30. The Morgan fingerprint density at radius 3 is 2.88 bits per heavy atom. The van der Waals surface area contributed by atoms with Gasteiger partial charge in [0.1, 0.15) is 10.0 Å². The number of nitrogen functional groups attached to an aromatic ring is 1. The predicted molar refractivity (Wildman–Crippen MR) is 74.9 cm³/mol. The first kappa shape index (κ1) is 11.0. The van der Waals surface area contributed by atoms with Crippen LogP contribution >= 0.6 is 34.5 Å². The summed E-state index contributed by atoms with van der Waals surface area (Å²) in [5.74, 6) is 0. The number of aryl methyl sites for hydroxylation is 1. The maximum Gasteiger partial charge on any atom is 0.129 e. The number of hydrogen-bond acceptors (Lipinski definition) is 5. The number of nitrogens with zero attached hydrogens (tertiary/aromatic N) is 2. The highest BCUT2D eigenvalue weighted by molar-refractivity contribution is 7.22. The van der Waals surface area contributed by atoms with Crippen molar-refractivity contribution in [2.75, 3.05) is 5.73 Å². The van der Waals surface area contributed by atoms with E-state index in [1.165, 1.54) is 11.5 Å². The van der Waals surface area contributed by atoms with Gasteiger partial charge in [-0.15, -0.1) is 11.3 Å². The number of benzene rings is 1. The number of hydrogen-bond donors (Lipinski definition) is 1. The van der Waals surface area contributed by atoms with Gasteiger partial charge in [0.25, 0.3) is 0 Å². The highest BCUT2D eigenvalue weighted by Crippen LogP contribution is 2.37. The molecule has 0 amide bonds. The fraction of sp³-hybridized carbons (Fsp3) is 0.0909. The van der Waals surface area contributed by atoms with E-state index in [0.29, 0.717) is 5.00 Å². The zero-order valence-corrected chi connectivity index (χ0v) is 11.3. The summed E-state index contributed by atoms with van der Waals surface area (Å²) in [6.07, 6.45) is 0. The molecule has 0 saturated carbocycles. The van der Waals surface area contributed by atoms with Gasteiger partial charge in [-0.2, -0.15) is 4.37 Å². The van der Waals surface area contributed by atoms with E-state index in [4.69, 9.17) is 17.3 Å². The van der Waals surface area contributed by atoms with Crippen molar-refractivity contribution in [1.29, 1.82) is 0 Å². The van der Waals surface area contributed by atoms with Gasteiger partial charge in [-0.25, -0.2) is 4.98 Å². The van der Waals surface area contributed by atoms with E-state index in [9.17, 15) is 0 Å². The van der Waals surface area contributed by atoms with Crippen LogP contribution < -0.4 is 5.73 Å². The molecule has 0 bridgehead atoms. The number of thiazole rings is 1. The van der Waals surface area contributed by atoms with Gasteiger partial charge in [0.05, 0.1) is 21.5 Å². The van der Waals surface area contributed by atoms with Crippen LogP contribution in [0.15, 0.2) is 18.2 Å². The van der Waals surface area contributed by atoms with Gasteiger partial charge in [0.2, 0.25) is 0 Å². The van der Waals surface area contributed by atoms with Crippen LogP contribution in [0, 0.1) is 6.92 Å². The molecule has 2 heterocycles. The van der Waals surface area contributed by atoms with Crippen molar-refractivity contribution in [3.05, 3.63) is 28.9 Å². The Kier molecular flexibility index (Phi) is 2.54. The summed E-state index contributed by atoms with van der Waals surface area (Å²) in [5, 5.41) is 2.35. The molecule has 0 atom stereocenters. The molecular formula is C11H8ClN3S2. The minimum Gasteiger partial charge on any atom is -0.389 e. The summed E-state index contributed by atoms with van der Waals surface area (Å²) in [6.45, 7) is 1.95. The van der Waals surface area contributed by atoms with Crippen LogP contribution in [0.25, 0.3) is 20.8 Å². The average molecular weight is 282 g/mol. The summed E-state index contributed by atoms with van der Waals surface area (Å²) in [4.78, 5) is 4.56. The zero-order valence-electron chi connectivity index (χ0n) is 8.90. The average Bonchev–Trinajstić information content (AvgIpc) is 2.81. The monoisotopic (exact) mass is 281 g/mol. The second-order valence-corrected chi connectivity index (χ2v) is 5.91. The third-order valence-corrected chi connectivity index (χ3v) is 4.49. The Bertz CT molecular complexity index is 682. The molecule has 3 nitrogen and oxygen atoms in total.